The maximum atomic E-state index is 12.6. The van der Waals surface area contributed by atoms with Crippen molar-refractivity contribution in [2.75, 3.05) is 6.54 Å². The molecule has 2 heterocycles. The largest absolute Gasteiger partial charge is 0.352 e. The molecule has 0 unspecified atom stereocenters. The molecule has 0 aliphatic carbocycles. The lowest BCUT2D eigenvalue weighted by molar-refractivity contribution is 0.0952. The Balaban J connectivity index is 1.34. The molecule has 0 spiro atoms. The van der Waals surface area contributed by atoms with Crippen LogP contribution in [0.25, 0.3) is 11.4 Å². The smallest absolute Gasteiger partial charge is 0.254 e. The van der Waals surface area contributed by atoms with Crippen LogP contribution < -0.4 is 5.32 Å². The van der Waals surface area contributed by atoms with E-state index in [4.69, 9.17) is 11.6 Å². The van der Waals surface area contributed by atoms with Gasteiger partial charge in [-0.25, -0.2) is 9.36 Å². The summed E-state index contributed by atoms with van der Waals surface area (Å²) >= 11 is 6.07. The van der Waals surface area contributed by atoms with E-state index in [1.165, 1.54) is 5.56 Å². The molecule has 4 rings (SSSR count). The Labute approximate surface area is 186 Å². The van der Waals surface area contributed by atoms with Crippen LogP contribution in [0, 0.1) is 13.8 Å². The molecule has 2 aromatic heterocycles. The quantitative estimate of drug-likeness (QED) is 0.430. The maximum Gasteiger partial charge on any atom is 0.254 e. The predicted octanol–water partition coefficient (Wildman–Crippen LogP) is 4.69. The lowest BCUT2D eigenvalue weighted by atomic mass is 10.1. The molecule has 6 nitrogen and oxygen atoms in total. The van der Waals surface area contributed by atoms with Gasteiger partial charge in [0.1, 0.15) is 0 Å². The molecule has 0 fully saturated rings. The fourth-order valence-corrected chi connectivity index (χ4v) is 3.72. The van der Waals surface area contributed by atoms with E-state index in [-0.39, 0.29) is 5.91 Å². The Hall–Kier alpha value is -3.38. The summed E-state index contributed by atoms with van der Waals surface area (Å²) in [6, 6.07) is 17.4. The van der Waals surface area contributed by atoms with Gasteiger partial charge in [0.15, 0.2) is 0 Å². The van der Waals surface area contributed by atoms with Gasteiger partial charge in [0.25, 0.3) is 5.91 Å². The van der Waals surface area contributed by atoms with Gasteiger partial charge < -0.3 is 5.32 Å². The first-order valence-corrected chi connectivity index (χ1v) is 10.6. The maximum absolute atomic E-state index is 12.6. The van der Waals surface area contributed by atoms with Crippen molar-refractivity contribution in [1.82, 2.24) is 24.9 Å². The Morgan fingerprint density at radius 3 is 2.61 bits per heavy atom. The van der Waals surface area contributed by atoms with E-state index in [0.717, 1.165) is 35.6 Å². The van der Waals surface area contributed by atoms with Gasteiger partial charge in [-0.15, -0.1) is 0 Å². The number of rotatable bonds is 7. The van der Waals surface area contributed by atoms with Gasteiger partial charge in [0.05, 0.1) is 34.5 Å². The Morgan fingerprint density at radius 2 is 1.84 bits per heavy atom. The molecule has 0 bridgehead atoms. The van der Waals surface area contributed by atoms with Crippen molar-refractivity contribution in [1.29, 1.82) is 0 Å². The molecule has 0 aliphatic rings. The topological polar surface area (TPSA) is 64.7 Å². The van der Waals surface area contributed by atoms with E-state index < -0.39 is 0 Å². The summed E-state index contributed by atoms with van der Waals surface area (Å²) in [5, 5.41) is 12.6. The molecular weight excluding hydrogens is 410 g/mol. The monoisotopic (exact) mass is 433 g/mol. The molecule has 0 saturated heterocycles. The SMILES string of the molecule is Cc1nn(-c2ccccc2)cc1CCCNC(=O)c1cnn(-c2cccc(Cl)c2)c1C. The van der Waals surface area contributed by atoms with Crippen LogP contribution in [0.4, 0.5) is 0 Å². The molecule has 0 radical (unpaired) electrons. The van der Waals surface area contributed by atoms with Crippen LogP contribution in [0.15, 0.2) is 67.0 Å². The first-order chi connectivity index (χ1) is 15.0. The minimum atomic E-state index is -0.123. The average molecular weight is 434 g/mol. The number of aryl methyl sites for hydroxylation is 2. The summed E-state index contributed by atoms with van der Waals surface area (Å²) < 4.78 is 3.62. The normalized spacial score (nSPS) is 10.9. The van der Waals surface area contributed by atoms with Crippen molar-refractivity contribution in [3.05, 3.63) is 94.5 Å². The Morgan fingerprint density at radius 1 is 1.06 bits per heavy atom. The summed E-state index contributed by atoms with van der Waals surface area (Å²) in [6.07, 6.45) is 5.33. The fourth-order valence-electron chi connectivity index (χ4n) is 3.53. The van der Waals surface area contributed by atoms with Gasteiger partial charge in [0.2, 0.25) is 0 Å². The van der Waals surface area contributed by atoms with E-state index in [9.17, 15) is 4.79 Å². The van der Waals surface area contributed by atoms with Crippen LogP contribution >= 0.6 is 11.6 Å². The summed E-state index contributed by atoms with van der Waals surface area (Å²) in [5.74, 6) is -0.123. The van der Waals surface area contributed by atoms with Crippen molar-refractivity contribution >= 4 is 17.5 Å². The number of benzene rings is 2. The first-order valence-electron chi connectivity index (χ1n) is 10.2. The number of halogens is 1. The number of aromatic nitrogens is 4. The van der Waals surface area contributed by atoms with E-state index >= 15 is 0 Å². The van der Waals surface area contributed by atoms with Crippen molar-refractivity contribution in [2.24, 2.45) is 0 Å². The second kappa shape index (κ2) is 9.18. The van der Waals surface area contributed by atoms with Gasteiger partial charge in [0, 0.05) is 17.8 Å². The molecule has 0 aliphatic heterocycles. The van der Waals surface area contributed by atoms with Crippen molar-refractivity contribution in [3.8, 4) is 11.4 Å². The highest BCUT2D eigenvalue weighted by molar-refractivity contribution is 6.30. The highest BCUT2D eigenvalue weighted by Gasteiger charge is 2.15. The summed E-state index contributed by atoms with van der Waals surface area (Å²) in [6.45, 7) is 4.47. The molecule has 0 saturated carbocycles. The molecule has 1 amide bonds. The van der Waals surface area contributed by atoms with Crippen LogP contribution in [0.2, 0.25) is 5.02 Å². The number of amides is 1. The van der Waals surface area contributed by atoms with Crippen LogP contribution in [0.1, 0.15) is 33.7 Å². The van der Waals surface area contributed by atoms with E-state index in [1.807, 2.05) is 73.1 Å². The molecule has 2 aromatic carbocycles. The Bertz CT molecular complexity index is 1200. The standard InChI is InChI=1S/C24H24ClN5O/c1-17-19(16-29(28-17)21-10-4-3-5-11-21)8-7-13-26-24(31)23-15-27-30(18(23)2)22-12-6-9-20(25)14-22/h3-6,9-12,14-16H,7-8,13H2,1-2H3,(H,26,31). The van der Waals surface area contributed by atoms with Gasteiger partial charge in [-0.3, -0.25) is 4.79 Å². The zero-order valence-electron chi connectivity index (χ0n) is 17.5. The lowest BCUT2D eigenvalue weighted by Gasteiger charge is -2.07. The third-order valence-corrected chi connectivity index (χ3v) is 5.47. The first kappa shape index (κ1) is 20.9. The number of hydrogen-bond donors (Lipinski definition) is 1. The second-order valence-corrected chi connectivity index (χ2v) is 7.85. The van der Waals surface area contributed by atoms with Gasteiger partial charge in [-0.05, 0) is 62.6 Å². The zero-order chi connectivity index (χ0) is 21.8. The summed E-state index contributed by atoms with van der Waals surface area (Å²) in [7, 11) is 0. The van der Waals surface area contributed by atoms with E-state index in [0.29, 0.717) is 17.1 Å². The summed E-state index contributed by atoms with van der Waals surface area (Å²) in [5.41, 5.74) is 5.40. The third-order valence-electron chi connectivity index (χ3n) is 5.24. The molecule has 0 atom stereocenters. The molecule has 158 valence electrons. The lowest BCUT2D eigenvalue weighted by Crippen LogP contribution is -2.25. The van der Waals surface area contributed by atoms with Gasteiger partial charge >= 0.3 is 0 Å². The van der Waals surface area contributed by atoms with Crippen molar-refractivity contribution in [3.63, 3.8) is 0 Å². The average Bonchev–Trinajstić information content (AvgIpc) is 3.34. The Kier molecular flexibility index (Phi) is 6.18. The zero-order valence-corrected chi connectivity index (χ0v) is 18.3. The van der Waals surface area contributed by atoms with Crippen LogP contribution in [0.5, 0.6) is 0 Å². The third kappa shape index (κ3) is 4.70. The number of carbonyl (C=O) groups is 1. The summed E-state index contributed by atoms with van der Waals surface area (Å²) in [4.78, 5) is 12.6. The molecule has 4 aromatic rings. The minimum Gasteiger partial charge on any atom is -0.352 e. The van der Waals surface area contributed by atoms with Gasteiger partial charge in [-0.1, -0.05) is 35.9 Å². The highest BCUT2D eigenvalue weighted by Crippen LogP contribution is 2.18. The number of para-hydroxylation sites is 1. The van der Waals surface area contributed by atoms with E-state index in [1.54, 1.807) is 10.9 Å². The molecule has 7 heteroatoms. The van der Waals surface area contributed by atoms with Gasteiger partial charge in [-0.2, -0.15) is 10.2 Å². The number of carbonyl (C=O) groups excluding carboxylic acids is 1. The minimum absolute atomic E-state index is 0.123. The second-order valence-electron chi connectivity index (χ2n) is 7.41. The highest BCUT2D eigenvalue weighted by atomic mass is 35.5. The van der Waals surface area contributed by atoms with Crippen LogP contribution in [-0.4, -0.2) is 32.0 Å². The number of nitrogens with zero attached hydrogens (tertiary/aromatic N) is 4. The van der Waals surface area contributed by atoms with Crippen LogP contribution in [-0.2, 0) is 6.42 Å². The predicted molar refractivity (Wildman–Crippen MR) is 122 cm³/mol. The van der Waals surface area contributed by atoms with E-state index in [2.05, 4.69) is 21.7 Å². The van der Waals surface area contributed by atoms with Crippen molar-refractivity contribution < 1.29 is 4.79 Å². The molecule has 1 N–H and O–H groups in total. The van der Waals surface area contributed by atoms with Crippen molar-refractivity contribution in [2.45, 2.75) is 26.7 Å². The number of nitrogens with one attached hydrogen (secondary N) is 1. The fraction of sp³-hybridized carbons (Fsp3) is 0.208. The molecular formula is C24H24ClN5O. The number of hydrogen-bond acceptors (Lipinski definition) is 3. The van der Waals surface area contributed by atoms with Crippen LogP contribution in [0.3, 0.4) is 0 Å². The molecule has 31 heavy (non-hydrogen) atoms.